The second kappa shape index (κ2) is 9.47. The lowest BCUT2D eigenvalue weighted by Gasteiger charge is -2.43. The molecule has 0 amide bonds. The van der Waals surface area contributed by atoms with Crippen LogP contribution in [0.1, 0.15) is 47.8 Å². The average molecular weight is 616 g/mol. The van der Waals surface area contributed by atoms with Crippen molar-refractivity contribution in [2.24, 2.45) is 5.73 Å². The third kappa shape index (κ3) is 4.96. The van der Waals surface area contributed by atoms with Crippen LogP contribution >= 0.6 is 0 Å². The van der Waals surface area contributed by atoms with Gasteiger partial charge in [0.15, 0.2) is 34.1 Å². The van der Waals surface area contributed by atoms with Gasteiger partial charge < -0.3 is 24.3 Å². The predicted molar refractivity (Wildman–Crippen MR) is 155 cm³/mol. The number of hydrogen-bond acceptors (Lipinski definition) is 10. The molecule has 0 aromatic carbocycles. The maximum Gasteiger partial charge on any atom is 0.332 e. The molecule has 2 aromatic rings. The Balaban J connectivity index is 1.95. The summed E-state index contributed by atoms with van der Waals surface area (Å²) < 4.78 is 52.6. The summed E-state index contributed by atoms with van der Waals surface area (Å²) in [6.45, 7) is 20.3. The molecule has 0 unspecified atom stereocenters. The van der Waals surface area contributed by atoms with Crippen molar-refractivity contribution in [1.82, 2.24) is 19.5 Å². The molecule has 4 heterocycles. The molecule has 2 aromatic heterocycles. The highest BCUT2D eigenvalue weighted by Gasteiger charge is 2.67. The SMILES string of the molecule is CC(C)(C)[Si](C)(C)OC[C@H]1O[C@@H](n2c(=O)[nH]c(=O)c3[nH]cnc32)[C@H](O[Si](C)(C)C(C)(C)C)[C@]12OS(=O)(=O)C=C2N. The minimum absolute atomic E-state index is 0.0205. The zero-order valence-corrected chi connectivity index (χ0v) is 27.6. The lowest BCUT2D eigenvalue weighted by Crippen LogP contribution is -2.59. The Hall–Kier alpha value is -2.09. The van der Waals surface area contributed by atoms with E-state index < -0.39 is 62.0 Å². The van der Waals surface area contributed by atoms with E-state index in [0.717, 1.165) is 9.98 Å². The number of H-pyrrole nitrogens is 2. The molecule has 1 fully saturated rings. The largest absolute Gasteiger partial charge is 0.414 e. The topological polar surface area (TPSA) is 181 Å². The number of nitrogens with one attached hydrogen (secondary N) is 2. The molecule has 1 saturated heterocycles. The number of rotatable bonds is 6. The summed E-state index contributed by atoms with van der Waals surface area (Å²) in [5.41, 5.74) is 3.15. The summed E-state index contributed by atoms with van der Waals surface area (Å²) in [6.07, 6.45) is -2.27. The van der Waals surface area contributed by atoms with Crippen LogP contribution in [0.15, 0.2) is 27.0 Å². The monoisotopic (exact) mass is 615 g/mol. The molecular weight excluding hydrogens is 575 g/mol. The molecule has 4 atom stereocenters. The quantitative estimate of drug-likeness (QED) is 0.323. The minimum atomic E-state index is -4.22. The molecule has 2 aliphatic heterocycles. The molecule has 16 heteroatoms. The second-order valence-corrected chi connectivity index (χ2v) is 24.5. The van der Waals surface area contributed by atoms with Crippen LogP contribution in [0.25, 0.3) is 11.2 Å². The van der Waals surface area contributed by atoms with Crippen molar-refractivity contribution in [3.63, 3.8) is 0 Å². The normalized spacial score (nSPS) is 27.6. The fourth-order valence-corrected chi connectivity index (χ4v) is 7.89. The maximum absolute atomic E-state index is 13.3. The van der Waals surface area contributed by atoms with Gasteiger partial charge in [0.05, 0.1) is 24.0 Å². The Morgan fingerprint density at radius 3 is 2.23 bits per heavy atom. The van der Waals surface area contributed by atoms with Gasteiger partial charge in [0.2, 0.25) is 0 Å². The summed E-state index contributed by atoms with van der Waals surface area (Å²) in [4.78, 5) is 35.0. The number of fused-ring (bicyclic) bond motifs is 1. The average Bonchev–Trinajstić information content (AvgIpc) is 3.42. The Labute approximate surface area is 235 Å². The van der Waals surface area contributed by atoms with E-state index in [-0.39, 0.29) is 33.5 Å². The van der Waals surface area contributed by atoms with Gasteiger partial charge in [-0.15, -0.1) is 0 Å². The van der Waals surface area contributed by atoms with Gasteiger partial charge in [-0.2, -0.15) is 8.42 Å². The van der Waals surface area contributed by atoms with Crippen molar-refractivity contribution in [3.05, 3.63) is 38.3 Å². The third-order valence-electron chi connectivity index (χ3n) is 8.84. The van der Waals surface area contributed by atoms with E-state index in [1.165, 1.54) is 6.33 Å². The highest BCUT2D eigenvalue weighted by molar-refractivity contribution is 7.90. The van der Waals surface area contributed by atoms with Crippen LogP contribution in [-0.4, -0.2) is 69.0 Å². The summed E-state index contributed by atoms with van der Waals surface area (Å²) in [6, 6.07) is 0. The lowest BCUT2D eigenvalue weighted by atomic mass is 9.89. The van der Waals surface area contributed by atoms with Crippen LogP contribution in [-0.2, 0) is 27.9 Å². The highest BCUT2D eigenvalue weighted by atomic mass is 32.2. The second-order valence-electron chi connectivity index (χ2n) is 13.6. The van der Waals surface area contributed by atoms with E-state index in [1.807, 2.05) is 33.9 Å². The van der Waals surface area contributed by atoms with E-state index in [9.17, 15) is 18.0 Å². The van der Waals surface area contributed by atoms with E-state index in [2.05, 4.69) is 48.8 Å². The van der Waals surface area contributed by atoms with Crippen LogP contribution < -0.4 is 17.0 Å². The Morgan fingerprint density at radius 2 is 1.70 bits per heavy atom. The molecule has 0 aliphatic carbocycles. The summed E-state index contributed by atoms with van der Waals surface area (Å²) in [7, 11) is -9.28. The van der Waals surface area contributed by atoms with Crippen molar-refractivity contribution >= 4 is 37.9 Å². The smallest absolute Gasteiger partial charge is 0.332 e. The molecule has 2 aliphatic rings. The molecule has 13 nitrogen and oxygen atoms in total. The van der Waals surface area contributed by atoms with Gasteiger partial charge in [-0.1, -0.05) is 41.5 Å². The number of hydrogen-bond donors (Lipinski definition) is 3. The fourth-order valence-electron chi connectivity index (χ4n) is 4.39. The molecule has 0 radical (unpaired) electrons. The van der Waals surface area contributed by atoms with Gasteiger partial charge >= 0.3 is 5.69 Å². The first-order valence-corrected chi connectivity index (χ1v) is 20.4. The molecule has 0 bridgehead atoms. The van der Waals surface area contributed by atoms with Crippen LogP contribution in [0.2, 0.25) is 36.3 Å². The van der Waals surface area contributed by atoms with Gasteiger partial charge in [0.25, 0.3) is 15.7 Å². The first-order chi connectivity index (χ1) is 18.0. The lowest BCUT2D eigenvalue weighted by molar-refractivity contribution is -0.0548. The number of aromatic nitrogens is 4. The van der Waals surface area contributed by atoms with Gasteiger partial charge in [0.1, 0.15) is 17.7 Å². The minimum Gasteiger partial charge on any atom is -0.414 e. The molecule has 1 spiro atoms. The first-order valence-electron chi connectivity index (χ1n) is 13.1. The molecule has 4 N–H and O–H groups in total. The number of nitrogens with two attached hydrogens (primary N) is 1. The molecule has 40 heavy (non-hydrogen) atoms. The van der Waals surface area contributed by atoms with Crippen molar-refractivity contribution in [3.8, 4) is 0 Å². The zero-order valence-electron chi connectivity index (χ0n) is 24.7. The summed E-state index contributed by atoms with van der Waals surface area (Å²) in [5.74, 6) is 0. The molecule has 224 valence electrons. The van der Waals surface area contributed by atoms with E-state index >= 15 is 0 Å². The summed E-state index contributed by atoms with van der Waals surface area (Å²) in [5, 5.41) is 0.387. The zero-order chi connectivity index (χ0) is 30.3. The van der Waals surface area contributed by atoms with Gasteiger partial charge in [-0.05, 0) is 36.3 Å². The van der Waals surface area contributed by atoms with E-state index in [1.54, 1.807) is 0 Å². The number of aromatic amines is 2. The standard InChI is InChI=1S/C24H41N5O8SSi2/c1-22(2,3)39(7,8)34-11-15-24(14(25)12-38(32,33)37-24)17(36-40(9,10)23(4,5)6)20(35-15)29-18-16(26-13-27-18)19(30)28-21(29)31/h12-13,15,17,20H,11,25H2,1-10H3,(H,26,27)(H,28,30,31)/t15-,17+,20-,24-/m1/s1. The van der Waals surface area contributed by atoms with Crippen molar-refractivity contribution < 1.29 is 26.2 Å². The third-order valence-corrected chi connectivity index (χ3v) is 18.8. The number of ether oxygens (including phenoxy) is 1. The molecule has 4 rings (SSSR count). The van der Waals surface area contributed by atoms with Crippen molar-refractivity contribution in [2.75, 3.05) is 6.61 Å². The molecular formula is C24H41N5O8SSi2. The summed E-state index contributed by atoms with van der Waals surface area (Å²) >= 11 is 0. The number of nitrogens with zero attached hydrogens (tertiary/aromatic N) is 2. The van der Waals surface area contributed by atoms with E-state index in [0.29, 0.717) is 0 Å². The fraction of sp³-hybridized carbons (Fsp3) is 0.708. The Bertz CT molecular complexity index is 1560. The predicted octanol–water partition coefficient (Wildman–Crippen LogP) is 2.62. The maximum atomic E-state index is 13.3. The van der Waals surface area contributed by atoms with Crippen molar-refractivity contribution in [1.29, 1.82) is 0 Å². The van der Waals surface area contributed by atoms with Crippen LogP contribution in [0.5, 0.6) is 0 Å². The van der Waals surface area contributed by atoms with Crippen LogP contribution in [0, 0.1) is 0 Å². The van der Waals surface area contributed by atoms with Crippen molar-refractivity contribution in [2.45, 2.75) is 102 Å². The van der Waals surface area contributed by atoms with Gasteiger partial charge in [-0.3, -0.25) is 9.78 Å². The van der Waals surface area contributed by atoms with Gasteiger partial charge in [0, 0.05) is 0 Å². The van der Waals surface area contributed by atoms with Crippen LogP contribution in [0.3, 0.4) is 0 Å². The Morgan fingerprint density at radius 1 is 1.10 bits per heavy atom. The molecule has 0 saturated carbocycles. The first kappa shape index (κ1) is 30.9. The number of imidazole rings is 1. The highest BCUT2D eigenvalue weighted by Crippen LogP contribution is 2.52. The van der Waals surface area contributed by atoms with Gasteiger partial charge in [-0.25, -0.2) is 18.5 Å². The van der Waals surface area contributed by atoms with Crippen LogP contribution in [0.4, 0.5) is 0 Å². The Kier molecular flexibility index (Phi) is 7.31. The van der Waals surface area contributed by atoms with E-state index in [4.69, 9.17) is 23.5 Å².